The molecular weight excluding hydrogens is 396 g/mol. The summed E-state index contributed by atoms with van der Waals surface area (Å²) in [5.41, 5.74) is 2.10. The summed E-state index contributed by atoms with van der Waals surface area (Å²) >= 11 is 5.94. The standard InChI is InChI=1S/C21H25ClN2O3S/c1-16(18-7-9-19(22)10-8-18)23-13-21(25)24(14-17-5-3-2-4-6-17)20-11-12-28(26,27)15-20/h2-10,16,20,23H,11-15H2,1H3/p+1/t16-,20+/m1/s1. The predicted molar refractivity (Wildman–Crippen MR) is 111 cm³/mol. The van der Waals surface area contributed by atoms with Crippen molar-refractivity contribution in [1.29, 1.82) is 0 Å². The lowest BCUT2D eigenvalue weighted by Gasteiger charge is -2.28. The third kappa shape index (κ3) is 5.56. The minimum Gasteiger partial charge on any atom is -0.333 e. The number of quaternary nitrogens is 1. The minimum absolute atomic E-state index is 0.0354. The van der Waals surface area contributed by atoms with Crippen LogP contribution in [0.1, 0.15) is 30.5 Å². The number of nitrogens with two attached hydrogens (primary N) is 1. The van der Waals surface area contributed by atoms with Crippen molar-refractivity contribution < 1.29 is 18.5 Å². The Bertz CT molecular complexity index is 901. The molecule has 0 aromatic heterocycles. The smallest absolute Gasteiger partial charge is 0.278 e. The van der Waals surface area contributed by atoms with Crippen LogP contribution in [0.15, 0.2) is 54.6 Å². The average Bonchev–Trinajstić information content (AvgIpc) is 3.04. The summed E-state index contributed by atoms with van der Waals surface area (Å²) in [5, 5.41) is 2.66. The van der Waals surface area contributed by atoms with Gasteiger partial charge in [-0.2, -0.15) is 0 Å². The highest BCUT2D eigenvalue weighted by atomic mass is 35.5. The van der Waals surface area contributed by atoms with E-state index in [2.05, 4.69) is 0 Å². The molecule has 0 spiro atoms. The molecule has 2 aromatic rings. The molecule has 1 fully saturated rings. The highest BCUT2D eigenvalue weighted by Crippen LogP contribution is 2.20. The van der Waals surface area contributed by atoms with Gasteiger partial charge in [0.25, 0.3) is 5.91 Å². The summed E-state index contributed by atoms with van der Waals surface area (Å²) in [6.07, 6.45) is 0.508. The quantitative estimate of drug-likeness (QED) is 0.744. The Balaban J connectivity index is 1.68. The van der Waals surface area contributed by atoms with Gasteiger partial charge < -0.3 is 10.2 Å². The Morgan fingerprint density at radius 3 is 2.46 bits per heavy atom. The molecule has 7 heteroatoms. The Kier molecular flexibility index (Phi) is 6.75. The van der Waals surface area contributed by atoms with E-state index in [0.717, 1.165) is 11.1 Å². The van der Waals surface area contributed by atoms with Crippen molar-refractivity contribution in [3.05, 3.63) is 70.7 Å². The highest BCUT2D eigenvalue weighted by Gasteiger charge is 2.35. The summed E-state index contributed by atoms with van der Waals surface area (Å²) in [7, 11) is -3.06. The van der Waals surface area contributed by atoms with Gasteiger partial charge in [-0.1, -0.05) is 54.1 Å². The maximum absolute atomic E-state index is 13.0. The van der Waals surface area contributed by atoms with Gasteiger partial charge in [0.15, 0.2) is 16.4 Å². The van der Waals surface area contributed by atoms with E-state index < -0.39 is 9.84 Å². The summed E-state index contributed by atoms with van der Waals surface area (Å²) < 4.78 is 23.9. The molecule has 1 aliphatic rings. The number of benzene rings is 2. The van der Waals surface area contributed by atoms with Crippen molar-refractivity contribution >= 4 is 27.3 Å². The lowest BCUT2D eigenvalue weighted by molar-refractivity contribution is -0.683. The maximum atomic E-state index is 13.0. The minimum atomic E-state index is -3.06. The van der Waals surface area contributed by atoms with Crippen molar-refractivity contribution in [2.24, 2.45) is 0 Å². The van der Waals surface area contributed by atoms with Crippen LogP contribution in [0, 0.1) is 0 Å². The number of sulfone groups is 1. The average molecular weight is 422 g/mol. The van der Waals surface area contributed by atoms with Crippen LogP contribution in [0.25, 0.3) is 0 Å². The molecule has 0 radical (unpaired) electrons. The fourth-order valence-electron chi connectivity index (χ4n) is 3.52. The molecule has 1 saturated heterocycles. The molecule has 1 heterocycles. The van der Waals surface area contributed by atoms with Crippen molar-refractivity contribution in [3.63, 3.8) is 0 Å². The molecule has 2 N–H and O–H groups in total. The van der Waals surface area contributed by atoms with Gasteiger partial charge in [0, 0.05) is 23.2 Å². The number of carbonyl (C=O) groups excluding carboxylic acids is 1. The van der Waals surface area contributed by atoms with Crippen LogP contribution in [0.4, 0.5) is 0 Å². The van der Waals surface area contributed by atoms with Gasteiger partial charge in [-0.3, -0.25) is 4.79 Å². The molecule has 1 amide bonds. The lowest BCUT2D eigenvalue weighted by Crippen LogP contribution is -2.87. The third-order valence-electron chi connectivity index (χ3n) is 5.21. The molecule has 3 rings (SSSR count). The second-order valence-corrected chi connectivity index (χ2v) is 10.0. The zero-order valence-electron chi connectivity index (χ0n) is 15.9. The number of hydrogen-bond donors (Lipinski definition) is 1. The normalized spacial score (nSPS) is 19.3. The van der Waals surface area contributed by atoms with Gasteiger partial charge in [-0.05, 0) is 31.0 Å². The van der Waals surface area contributed by atoms with E-state index in [0.29, 0.717) is 18.0 Å². The fourth-order valence-corrected chi connectivity index (χ4v) is 5.38. The van der Waals surface area contributed by atoms with E-state index in [9.17, 15) is 13.2 Å². The third-order valence-corrected chi connectivity index (χ3v) is 7.21. The molecule has 0 saturated carbocycles. The van der Waals surface area contributed by atoms with Crippen LogP contribution in [-0.4, -0.2) is 43.3 Å². The Morgan fingerprint density at radius 1 is 1.18 bits per heavy atom. The molecule has 150 valence electrons. The monoisotopic (exact) mass is 421 g/mol. The van der Waals surface area contributed by atoms with E-state index in [4.69, 9.17) is 11.6 Å². The molecule has 2 aromatic carbocycles. The first-order valence-corrected chi connectivity index (χ1v) is 11.7. The lowest BCUT2D eigenvalue weighted by atomic mass is 10.1. The molecule has 2 atom stereocenters. The Hall–Kier alpha value is -1.89. The first-order chi connectivity index (χ1) is 13.3. The molecule has 0 bridgehead atoms. The zero-order chi connectivity index (χ0) is 20.1. The number of carbonyl (C=O) groups is 1. The van der Waals surface area contributed by atoms with Gasteiger partial charge >= 0.3 is 0 Å². The zero-order valence-corrected chi connectivity index (χ0v) is 17.5. The first kappa shape index (κ1) is 20.8. The number of rotatable bonds is 7. The molecule has 1 aliphatic heterocycles. The SMILES string of the molecule is C[C@@H]([NH2+]CC(=O)N(Cc1ccccc1)[C@H]1CCS(=O)(=O)C1)c1ccc(Cl)cc1. The number of amides is 1. The van der Waals surface area contributed by atoms with Crippen LogP contribution in [0.5, 0.6) is 0 Å². The summed E-state index contributed by atoms with van der Waals surface area (Å²) in [6.45, 7) is 2.74. The van der Waals surface area contributed by atoms with Gasteiger partial charge in [-0.15, -0.1) is 0 Å². The highest BCUT2D eigenvalue weighted by molar-refractivity contribution is 7.91. The van der Waals surface area contributed by atoms with Crippen molar-refractivity contribution in [1.82, 2.24) is 4.90 Å². The van der Waals surface area contributed by atoms with Gasteiger partial charge in [0.05, 0.1) is 11.5 Å². The van der Waals surface area contributed by atoms with E-state index in [1.807, 2.05) is 66.8 Å². The second-order valence-electron chi connectivity index (χ2n) is 7.34. The van der Waals surface area contributed by atoms with Crippen molar-refractivity contribution in [2.45, 2.75) is 32.0 Å². The van der Waals surface area contributed by atoms with Gasteiger partial charge in [0.1, 0.15) is 6.04 Å². The van der Waals surface area contributed by atoms with Crippen molar-refractivity contribution in [3.8, 4) is 0 Å². The molecule has 28 heavy (non-hydrogen) atoms. The number of halogens is 1. The molecule has 5 nitrogen and oxygen atoms in total. The van der Waals surface area contributed by atoms with E-state index in [-0.39, 0.29) is 36.0 Å². The fraction of sp³-hybridized carbons (Fsp3) is 0.381. The van der Waals surface area contributed by atoms with E-state index in [1.54, 1.807) is 4.90 Å². The van der Waals surface area contributed by atoms with E-state index in [1.165, 1.54) is 0 Å². The molecular formula is C21H26ClN2O3S+. The van der Waals surface area contributed by atoms with Crippen molar-refractivity contribution in [2.75, 3.05) is 18.1 Å². The Morgan fingerprint density at radius 2 is 1.86 bits per heavy atom. The number of nitrogens with zero attached hydrogens (tertiary/aromatic N) is 1. The van der Waals surface area contributed by atoms with Crippen LogP contribution >= 0.6 is 11.6 Å². The van der Waals surface area contributed by atoms with Crippen LogP contribution in [-0.2, 0) is 21.2 Å². The summed E-state index contributed by atoms with van der Waals surface area (Å²) in [5.74, 6) is 0.172. The van der Waals surface area contributed by atoms with Crippen LogP contribution < -0.4 is 5.32 Å². The largest absolute Gasteiger partial charge is 0.333 e. The maximum Gasteiger partial charge on any atom is 0.278 e. The summed E-state index contributed by atoms with van der Waals surface area (Å²) in [4.78, 5) is 14.8. The molecule has 0 unspecified atom stereocenters. The van der Waals surface area contributed by atoms with Crippen LogP contribution in [0.3, 0.4) is 0 Å². The molecule has 0 aliphatic carbocycles. The summed E-state index contributed by atoms with van der Waals surface area (Å²) in [6, 6.07) is 17.2. The first-order valence-electron chi connectivity index (χ1n) is 9.47. The number of hydrogen-bond acceptors (Lipinski definition) is 3. The van der Waals surface area contributed by atoms with Gasteiger partial charge in [-0.25, -0.2) is 8.42 Å². The Labute approximate surface area is 171 Å². The van der Waals surface area contributed by atoms with Crippen LogP contribution in [0.2, 0.25) is 5.02 Å². The van der Waals surface area contributed by atoms with E-state index >= 15 is 0 Å². The predicted octanol–water partition coefficient (Wildman–Crippen LogP) is 2.18. The topological polar surface area (TPSA) is 71.1 Å². The second kappa shape index (κ2) is 9.07. The van der Waals surface area contributed by atoms with Gasteiger partial charge in [0.2, 0.25) is 0 Å².